The third-order valence-electron chi connectivity index (χ3n) is 10.5. The molecule has 0 fully saturated rings. The summed E-state index contributed by atoms with van der Waals surface area (Å²) in [7, 11) is 0. The van der Waals surface area contributed by atoms with Crippen molar-refractivity contribution in [2.75, 3.05) is 23.5 Å². The maximum Gasteiger partial charge on any atom is 0.412 e. The van der Waals surface area contributed by atoms with E-state index in [9.17, 15) is 33.9 Å². The summed E-state index contributed by atoms with van der Waals surface area (Å²) in [4.78, 5) is 95.0. The lowest BCUT2D eigenvalue weighted by atomic mass is 9.84. The number of carboxylic acid groups (broad SMARTS) is 1. The molecule has 0 radical (unpaired) electrons. The molecule has 73 heavy (non-hydrogen) atoms. The molecule has 4 rings (SSSR count). The fourth-order valence-electron chi connectivity index (χ4n) is 7.48. The first-order chi connectivity index (χ1) is 34.2. The van der Waals surface area contributed by atoms with Crippen molar-refractivity contribution < 1.29 is 52.9 Å². The van der Waals surface area contributed by atoms with E-state index in [0.717, 1.165) is 16.7 Å². The Kier molecular flexibility index (Phi) is 21.3. The second-order valence-electron chi connectivity index (χ2n) is 20.1. The van der Waals surface area contributed by atoms with Gasteiger partial charge >= 0.3 is 18.2 Å². The number of alkyl carbamates (subject to hydrolysis) is 1. The number of nitrogens with one attached hydrogen (secondary N) is 6. The van der Waals surface area contributed by atoms with E-state index in [4.69, 9.17) is 25.8 Å². The predicted octanol–water partition coefficient (Wildman–Crippen LogP) is 7.29. The average molecular weight is 1050 g/mol. The van der Waals surface area contributed by atoms with Crippen LogP contribution in [0.1, 0.15) is 91.5 Å². The van der Waals surface area contributed by atoms with Gasteiger partial charge in [-0.3, -0.25) is 24.5 Å². The summed E-state index contributed by atoms with van der Waals surface area (Å²) in [6.07, 6.45) is -2.94. The molecule has 0 bridgehead atoms. The van der Waals surface area contributed by atoms with Gasteiger partial charge in [-0.15, -0.1) is 23.4 Å². The van der Waals surface area contributed by atoms with Crippen LogP contribution in [0.2, 0.25) is 0 Å². The van der Waals surface area contributed by atoms with E-state index in [1.54, 1.807) is 86.6 Å². The molecule has 0 unspecified atom stereocenters. The zero-order valence-corrected chi connectivity index (χ0v) is 44.6. The fraction of sp³-hybridized carbons (Fsp3) is 0.426. The van der Waals surface area contributed by atoms with Crippen molar-refractivity contribution in [2.24, 2.45) is 0 Å². The monoisotopic (exact) mass is 1040 g/mol. The van der Waals surface area contributed by atoms with Gasteiger partial charge in [-0.25, -0.2) is 14.4 Å². The van der Waals surface area contributed by atoms with Crippen LogP contribution < -0.4 is 31.9 Å². The lowest BCUT2D eigenvalue weighted by molar-refractivity contribution is -0.150. The summed E-state index contributed by atoms with van der Waals surface area (Å²) in [5, 5.41) is 26.2. The molecule has 17 nitrogen and oxygen atoms in total. The quantitative estimate of drug-likeness (QED) is 0.0303. The molecule has 7 N–H and O–H groups in total. The molecule has 0 saturated heterocycles. The van der Waals surface area contributed by atoms with Crippen LogP contribution in [-0.2, 0) is 49.4 Å². The van der Waals surface area contributed by atoms with Crippen LogP contribution in [0.15, 0.2) is 115 Å². The smallest absolute Gasteiger partial charge is 0.412 e. The maximum atomic E-state index is 15.0. The number of carbonyl (C=O) groups excluding carboxylic acids is 6. The number of anilines is 1. The minimum atomic E-state index is -1.57. The minimum Gasteiger partial charge on any atom is -0.480 e. The maximum absolute atomic E-state index is 15.0. The summed E-state index contributed by atoms with van der Waals surface area (Å²) in [5.41, 5.74) is 0.853. The molecule has 19 heteroatoms. The van der Waals surface area contributed by atoms with E-state index < -0.39 is 106 Å². The van der Waals surface area contributed by atoms with Crippen molar-refractivity contribution in [2.45, 2.75) is 127 Å². The largest absolute Gasteiger partial charge is 0.480 e. The Balaban J connectivity index is 1.84. The van der Waals surface area contributed by atoms with Gasteiger partial charge in [0, 0.05) is 24.4 Å². The lowest BCUT2D eigenvalue weighted by Gasteiger charge is -2.37. The number of rotatable bonds is 22. The number of aliphatic carboxylic acids is 1. The lowest BCUT2D eigenvalue weighted by Crippen LogP contribution is -2.61. The number of amides is 6. The molecule has 4 aromatic carbocycles. The van der Waals surface area contributed by atoms with Crippen molar-refractivity contribution in [1.82, 2.24) is 26.6 Å². The Bertz CT molecular complexity index is 2390. The van der Waals surface area contributed by atoms with Crippen LogP contribution in [0.4, 0.5) is 15.3 Å². The highest BCUT2D eigenvalue weighted by molar-refractivity contribution is 8.00. The van der Waals surface area contributed by atoms with Gasteiger partial charge in [0.25, 0.3) is 0 Å². The van der Waals surface area contributed by atoms with Crippen LogP contribution in [0, 0.1) is 0 Å². The highest BCUT2D eigenvalue weighted by Gasteiger charge is 2.41. The first-order valence-corrected chi connectivity index (χ1v) is 25.2. The normalized spacial score (nSPS) is 13.9. The first-order valence-electron chi connectivity index (χ1n) is 23.7. The van der Waals surface area contributed by atoms with E-state index in [1.165, 1.54) is 18.7 Å². The van der Waals surface area contributed by atoms with Gasteiger partial charge in [0.1, 0.15) is 35.2 Å². The van der Waals surface area contributed by atoms with Gasteiger partial charge in [0.2, 0.25) is 23.6 Å². The molecule has 0 heterocycles. The minimum absolute atomic E-state index is 0.157. The Labute approximate surface area is 437 Å². The van der Waals surface area contributed by atoms with Crippen molar-refractivity contribution in [1.29, 1.82) is 0 Å². The molecule has 0 aliphatic rings. The molecule has 0 aliphatic carbocycles. The zero-order valence-electron chi connectivity index (χ0n) is 43.0. The number of alkyl halides is 1. The van der Waals surface area contributed by atoms with Gasteiger partial charge in [-0.2, -0.15) is 0 Å². The standard InChI is InChI=1S/C54H69ClN6O11S/c1-34(70-51(2,3)4)44(48(66)67)61-47(65)42(33-73-54(36-20-14-11-15-21-36,37-22-16-12-17-23-37)38-24-18-13-19-25-38)59-45(63)40(30-35-26-28-39(29-27-35)57-49(68)71-52(5,6)7)58-46(64)41(32-56-43(62)31-55)60-50(69)72-53(8,9)10/h11-29,34,40-42,44H,30-33H2,1-10H3,(H,56,62)(H,57,68)(H,58,64)(H,59,63)(H,60,69)(H,61,65)(H,66,67)/t34-,40+,41+,42+,44+/m1/s1. The third kappa shape index (κ3) is 19.1. The number of benzene rings is 4. The van der Waals surface area contributed by atoms with Crippen LogP contribution in [-0.4, -0.2) is 112 Å². The van der Waals surface area contributed by atoms with Gasteiger partial charge in [-0.05, 0) is 104 Å². The number of halogens is 1. The van der Waals surface area contributed by atoms with Crippen LogP contribution in [0.3, 0.4) is 0 Å². The van der Waals surface area contributed by atoms with E-state index in [1.807, 2.05) is 91.0 Å². The number of carboxylic acids is 1. The summed E-state index contributed by atoms with van der Waals surface area (Å²) in [6, 6.07) is 29.1. The molecule has 0 aliphatic heterocycles. The van der Waals surface area contributed by atoms with Crippen molar-refractivity contribution in [3.8, 4) is 0 Å². The summed E-state index contributed by atoms with van der Waals surface area (Å²) >= 11 is 7.06. The van der Waals surface area contributed by atoms with E-state index in [0.29, 0.717) is 11.3 Å². The van der Waals surface area contributed by atoms with Crippen LogP contribution >= 0.6 is 23.4 Å². The summed E-state index contributed by atoms with van der Waals surface area (Å²) in [5.74, 6) is -5.29. The molecule has 5 atom stereocenters. The highest BCUT2D eigenvalue weighted by Crippen LogP contribution is 2.48. The Morgan fingerprint density at radius 2 is 1.03 bits per heavy atom. The molecular formula is C54H69ClN6O11S. The van der Waals surface area contributed by atoms with E-state index in [-0.39, 0.29) is 12.2 Å². The zero-order chi connectivity index (χ0) is 54.1. The number of hydrogen-bond donors (Lipinski definition) is 7. The Morgan fingerprint density at radius 1 is 0.575 bits per heavy atom. The van der Waals surface area contributed by atoms with Gasteiger partial charge in [0.05, 0.1) is 16.5 Å². The van der Waals surface area contributed by atoms with Crippen molar-refractivity contribution in [3.05, 3.63) is 138 Å². The SMILES string of the molecule is C[C@@H](OC(C)(C)C)[C@H](NC(=O)[C@H](CSC(c1ccccc1)(c1ccccc1)c1ccccc1)NC(=O)[C@H](Cc1ccc(NC(=O)OC(C)(C)C)cc1)NC(=O)[C@H](CNC(=O)CCl)NC(=O)OC(C)(C)C)C(=O)O. The second-order valence-corrected chi connectivity index (χ2v) is 21.6. The molecule has 0 saturated carbocycles. The van der Waals surface area contributed by atoms with Crippen LogP contribution in [0.25, 0.3) is 0 Å². The molecule has 394 valence electrons. The molecule has 6 amide bonds. The third-order valence-corrected chi connectivity index (χ3v) is 12.4. The average Bonchev–Trinajstić information content (AvgIpc) is 3.31. The number of carbonyl (C=O) groups is 7. The van der Waals surface area contributed by atoms with E-state index in [2.05, 4.69) is 31.9 Å². The Morgan fingerprint density at radius 3 is 1.48 bits per heavy atom. The number of hydrogen-bond acceptors (Lipinski definition) is 11. The number of ether oxygens (including phenoxy) is 3. The van der Waals surface area contributed by atoms with Gasteiger partial charge in [-0.1, -0.05) is 103 Å². The van der Waals surface area contributed by atoms with Crippen LogP contribution in [0.5, 0.6) is 0 Å². The second kappa shape index (κ2) is 26.4. The molecule has 4 aromatic rings. The molecular weight excluding hydrogens is 976 g/mol. The number of thioether (sulfide) groups is 1. The first kappa shape index (κ1) is 58.9. The molecule has 0 aromatic heterocycles. The van der Waals surface area contributed by atoms with Gasteiger partial charge in [0.15, 0.2) is 6.04 Å². The summed E-state index contributed by atoms with van der Waals surface area (Å²) < 4.78 is 15.8. The van der Waals surface area contributed by atoms with E-state index >= 15 is 4.79 Å². The molecule has 0 spiro atoms. The topological polar surface area (TPSA) is 240 Å². The predicted molar refractivity (Wildman–Crippen MR) is 282 cm³/mol. The summed E-state index contributed by atoms with van der Waals surface area (Å²) in [6.45, 7) is 16.3. The fourth-order valence-corrected chi connectivity index (χ4v) is 9.13. The highest BCUT2D eigenvalue weighted by atomic mass is 35.5. The van der Waals surface area contributed by atoms with Crippen molar-refractivity contribution >= 4 is 70.8 Å². The van der Waals surface area contributed by atoms with Crippen molar-refractivity contribution in [3.63, 3.8) is 0 Å². The Hall–Kier alpha value is -6.63. The van der Waals surface area contributed by atoms with Gasteiger partial charge < -0.3 is 45.9 Å².